The molecule has 3 atom stereocenters. The molecule has 0 aliphatic heterocycles. The van der Waals surface area contributed by atoms with Gasteiger partial charge in [-0.15, -0.1) is 0 Å². The molecule has 0 saturated heterocycles. The number of hydrogen-bond acceptors (Lipinski definition) is 7. The lowest BCUT2D eigenvalue weighted by molar-refractivity contribution is -0.177. The Labute approximate surface area is 388 Å². The third-order valence-corrected chi connectivity index (χ3v) is 23.0. The Balaban J connectivity index is 1.56. The smallest absolute Gasteiger partial charge is 0.313 e. The molecular formula is C55H79NO6Si2. The average molecular weight is 906 g/mol. The van der Waals surface area contributed by atoms with Crippen LogP contribution in [0.4, 0.5) is 0 Å². The van der Waals surface area contributed by atoms with Gasteiger partial charge < -0.3 is 18.3 Å². The Morgan fingerprint density at radius 3 is 1.36 bits per heavy atom. The summed E-state index contributed by atoms with van der Waals surface area (Å²) in [6.07, 6.45) is 6.99. The van der Waals surface area contributed by atoms with Crippen LogP contribution in [0.5, 0.6) is 0 Å². The lowest BCUT2D eigenvalue weighted by Crippen LogP contribution is -2.67. The third-order valence-electron chi connectivity index (χ3n) is 12.9. The van der Waals surface area contributed by atoms with E-state index in [1.54, 1.807) is 0 Å². The van der Waals surface area contributed by atoms with Crippen molar-refractivity contribution in [2.75, 3.05) is 26.3 Å². The predicted octanol–water partition coefficient (Wildman–Crippen LogP) is 10.2. The Morgan fingerprint density at radius 2 is 0.984 bits per heavy atom. The molecule has 0 bridgehead atoms. The second-order valence-electron chi connectivity index (χ2n) is 20.8. The molecule has 348 valence electrons. The molecule has 0 aromatic heterocycles. The van der Waals surface area contributed by atoms with E-state index in [9.17, 15) is 9.59 Å². The maximum absolute atomic E-state index is 14.2. The van der Waals surface area contributed by atoms with Crippen LogP contribution in [0.3, 0.4) is 0 Å². The molecule has 4 aromatic carbocycles. The zero-order valence-corrected chi connectivity index (χ0v) is 42.9. The fourth-order valence-corrected chi connectivity index (χ4v) is 19.1. The molecule has 0 unspecified atom stereocenters. The molecule has 1 aliphatic rings. The van der Waals surface area contributed by atoms with Gasteiger partial charge in [-0.1, -0.05) is 202 Å². The van der Waals surface area contributed by atoms with Gasteiger partial charge in [-0.25, -0.2) is 0 Å². The molecule has 0 heterocycles. The molecule has 5 rings (SSSR count). The minimum Gasteiger partial charge on any atom is -0.460 e. The first-order valence-corrected chi connectivity index (χ1v) is 27.9. The molecule has 1 fully saturated rings. The van der Waals surface area contributed by atoms with Crippen molar-refractivity contribution in [3.05, 3.63) is 121 Å². The fraction of sp³-hybridized carbons (Fsp3) is 0.527. The van der Waals surface area contributed by atoms with E-state index in [0.717, 1.165) is 44.9 Å². The van der Waals surface area contributed by atoms with Crippen LogP contribution in [0.2, 0.25) is 10.1 Å². The molecule has 9 heteroatoms. The van der Waals surface area contributed by atoms with Gasteiger partial charge in [0.25, 0.3) is 16.6 Å². The minimum absolute atomic E-state index is 0.200. The maximum atomic E-state index is 14.2. The number of unbranched alkanes of at least 4 members (excludes halogenated alkanes) is 4. The van der Waals surface area contributed by atoms with Crippen LogP contribution in [0, 0.1) is 5.92 Å². The van der Waals surface area contributed by atoms with Gasteiger partial charge in [-0.2, -0.15) is 0 Å². The minimum atomic E-state index is -2.88. The number of ether oxygens (including phenoxy) is 2. The zero-order valence-electron chi connectivity index (χ0n) is 40.9. The summed E-state index contributed by atoms with van der Waals surface area (Å²) in [5.41, 5.74) is -0.676. The maximum Gasteiger partial charge on any atom is 0.313 e. The molecule has 64 heavy (non-hydrogen) atoms. The first-order valence-electron chi connectivity index (χ1n) is 24.1. The van der Waals surface area contributed by atoms with Crippen molar-refractivity contribution in [3.8, 4) is 0 Å². The van der Waals surface area contributed by atoms with Crippen LogP contribution in [0.1, 0.15) is 127 Å². The van der Waals surface area contributed by atoms with E-state index in [0.29, 0.717) is 39.1 Å². The molecule has 0 spiro atoms. The summed E-state index contributed by atoms with van der Waals surface area (Å²) >= 11 is 0. The second-order valence-corrected chi connectivity index (χ2v) is 29.4. The van der Waals surface area contributed by atoms with Gasteiger partial charge in [0, 0.05) is 38.8 Å². The van der Waals surface area contributed by atoms with Crippen LogP contribution >= 0.6 is 0 Å². The van der Waals surface area contributed by atoms with Gasteiger partial charge >= 0.3 is 11.9 Å². The summed E-state index contributed by atoms with van der Waals surface area (Å²) < 4.78 is 27.7. The molecule has 1 aliphatic carbocycles. The standard InChI is InChI=1S/C55H79NO6Si2/c1-11-12-13-14-27-39-50(57)61-51-48(52(58)62-53(2,3)4)37-28-38-49(51)56(40-42-59-63(54(5,6)7,44-29-19-15-20-30-44)45-31-21-16-22-32-45)41-43-60-64(55(8,9)10,46-33-23-17-24-34-46)47-35-25-18-26-36-47/h15-26,29-36,48-49,51H,11-14,27-28,37-43H2,1-10H3/t48-,49+,51+/m0/s1. The third kappa shape index (κ3) is 12.7. The normalized spacial score (nSPS) is 17.6. The van der Waals surface area contributed by atoms with Crippen molar-refractivity contribution < 1.29 is 27.9 Å². The van der Waals surface area contributed by atoms with Crippen molar-refractivity contribution in [1.82, 2.24) is 4.90 Å². The molecule has 7 nitrogen and oxygen atoms in total. The molecule has 0 radical (unpaired) electrons. The van der Waals surface area contributed by atoms with Gasteiger partial charge in [-0.05, 0) is 70.9 Å². The van der Waals surface area contributed by atoms with Crippen LogP contribution in [-0.2, 0) is 27.9 Å². The fourth-order valence-electron chi connectivity index (χ4n) is 10.0. The highest BCUT2D eigenvalue weighted by Crippen LogP contribution is 2.39. The van der Waals surface area contributed by atoms with Crippen molar-refractivity contribution >= 4 is 49.3 Å². The summed E-state index contributed by atoms with van der Waals surface area (Å²) in [6.45, 7) is 23.7. The van der Waals surface area contributed by atoms with Gasteiger partial charge in [0.15, 0.2) is 0 Å². The molecule has 0 amide bonds. The second kappa shape index (κ2) is 23.0. The molecule has 0 N–H and O–H groups in total. The Bertz CT molecular complexity index is 1810. The van der Waals surface area contributed by atoms with Crippen molar-refractivity contribution in [2.24, 2.45) is 5.92 Å². The van der Waals surface area contributed by atoms with E-state index in [4.69, 9.17) is 18.3 Å². The Kier molecular flexibility index (Phi) is 18.4. The summed E-state index contributed by atoms with van der Waals surface area (Å²) in [6, 6.07) is 42.8. The highest BCUT2D eigenvalue weighted by Gasteiger charge is 2.52. The first kappa shape index (κ1) is 51.1. The molecular weight excluding hydrogens is 827 g/mol. The van der Waals surface area contributed by atoms with E-state index in [1.807, 2.05) is 20.8 Å². The van der Waals surface area contributed by atoms with Crippen molar-refractivity contribution in [1.29, 1.82) is 0 Å². The summed E-state index contributed by atoms with van der Waals surface area (Å²) in [7, 11) is -5.75. The summed E-state index contributed by atoms with van der Waals surface area (Å²) in [4.78, 5) is 30.5. The molecule has 1 saturated carbocycles. The number of esters is 2. The Morgan fingerprint density at radius 1 is 0.578 bits per heavy atom. The van der Waals surface area contributed by atoms with E-state index in [2.05, 4.69) is 175 Å². The predicted molar refractivity (Wildman–Crippen MR) is 269 cm³/mol. The quantitative estimate of drug-likeness (QED) is 0.0469. The van der Waals surface area contributed by atoms with Crippen LogP contribution in [0.25, 0.3) is 0 Å². The highest BCUT2D eigenvalue weighted by molar-refractivity contribution is 7.00. The average Bonchev–Trinajstić information content (AvgIpc) is 3.26. The number of nitrogens with zero attached hydrogens (tertiary/aromatic N) is 1. The monoisotopic (exact) mass is 906 g/mol. The number of carbonyl (C=O) groups excluding carboxylic acids is 2. The van der Waals surface area contributed by atoms with E-state index in [-0.39, 0.29) is 28.1 Å². The van der Waals surface area contributed by atoms with Crippen molar-refractivity contribution in [2.45, 2.75) is 155 Å². The van der Waals surface area contributed by atoms with Gasteiger partial charge in [0.1, 0.15) is 11.7 Å². The first-order chi connectivity index (χ1) is 30.4. The van der Waals surface area contributed by atoms with Crippen molar-refractivity contribution in [3.63, 3.8) is 0 Å². The van der Waals surface area contributed by atoms with Gasteiger partial charge in [-0.3, -0.25) is 14.5 Å². The zero-order chi connectivity index (χ0) is 46.4. The van der Waals surface area contributed by atoms with Gasteiger partial charge in [0.05, 0.1) is 5.92 Å². The SMILES string of the molecule is CCCCCCCC(=O)O[C@@H]1[C@@H](C(=O)OC(C)(C)C)CCC[C@H]1N(CCO[Si](c1ccccc1)(c1ccccc1)C(C)(C)C)CCO[Si](c1ccccc1)(c1ccccc1)C(C)(C)C. The van der Waals surface area contributed by atoms with Crippen LogP contribution < -0.4 is 20.7 Å². The van der Waals surface area contributed by atoms with E-state index >= 15 is 0 Å². The highest BCUT2D eigenvalue weighted by atomic mass is 28.4. The topological polar surface area (TPSA) is 74.3 Å². The lowest BCUT2D eigenvalue weighted by atomic mass is 9.81. The number of hydrogen-bond donors (Lipinski definition) is 0. The van der Waals surface area contributed by atoms with E-state index in [1.165, 1.54) is 20.7 Å². The van der Waals surface area contributed by atoms with Gasteiger partial charge in [0.2, 0.25) is 0 Å². The summed E-state index contributed by atoms with van der Waals surface area (Å²) in [5.74, 6) is -1.13. The number of benzene rings is 4. The lowest BCUT2D eigenvalue weighted by Gasteiger charge is -2.46. The van der Waals surface area contributed by atoms with Crippen LogP contribution in [-0.4, -0.2) is 77.5 Å². The summed E-state index contributed by atoms with van der Waals surface area (Å²) in [5, 5.41) is 4.50. The number of rotatable bonds is 21. The number of carbonyl (C=O) groups is 2. The molecule has 4 aromatic rings. The van der Waals surface area contributed by atoms with E-state index < -0.39 is 34.3 Å². The largest absolute Gasteiger partial charge is 0.460 e. The van der Waals surface area contributed by atoms with Crippen LogP contribution in [0.15, 0.2) is 121 Å². The Hall–Kier alpha value is -3.87.